The maximum Gasteiger partial charge on any atom is 0.248 e. The standard InChI is InChI=1S/C26H21N3O4/c1-16(30)19-6-3-18(4-7-19)5-14-25(32)27-22-11-8-20(9-12-22)26-28-23-13-10-21(17(2)31)15-24(23)29(26)33/h3-15,33H,1-2H3,(H,27,32)/b14-5+. The zero-order chi connectivity index (χ0) is 23.5. The number of benzene rings is 3. The number of aromatic nitrogens is 2. The van der Waals surface area contributed by atoms with Crippen molar-refractivity contribution in [2.24, 2.45) is 0 Å². The number of carbonyl (C=O) groups is 3. The van der Waals surface area contributed by atoms with Gasteiger partial charge in [0.1, 0.15) is 5.52 Å². The SMILES string of the molecule is CC(=O)c1ccc(/C=C/C(=O)Nc2ccc(-c3nc4ccc(C(C)=O)cc4n3O)cc2)cc1. The van der Waals surface area contributed by atoms with Gasteiger partial charge in [-0.1, -0.05) is 24.3 Å². The van der Waals surface area contributed by atoms with Crippen LogP contribution in [0.5, 0.6) is 0 Å². The number of amides is 1. The zero-order valence-electron chi connectivity index (χ0n) is 18.1. The molecular formula is C26H21N3O4. The number of anilines is 1. The van der Waals surface area contributed by atoms with Gasteiger partial charge in [0, 0.05) is 28.5 Å². The Kier molecular flexibility index (Phi) is 5.87. The molecule has 0 aliphatic carbocycles. The fourth-order valence-electron chi connectivity index (χ4n) is 3.36. The molecule has 4 aromatic rings. The summed E-state index contributed by atoms with van der Waals surface area (Å²) in [4.78, 5) is 39.6. The van der Waals surface area contributed by atoms with E-state index < -0.39 is 0 Å². The minimum Gasteiger partial charge on any atom is -0.426 e. The van der Waals surface area contributed by atoms with E-state index in [9.17, 15) is 19.6 Å². The predicted molar refractivity (Wildman–Crippen MR) is 126 cm³/mol. The number of hydrogen-bond donors (Lipinski definition) is 2. The van der Waals surface area contributed by atoms with E-state index in [4.69, 9.17) is 0 Å². The summed E-state index contributed by atoms with van der Waals surface area (Å²) in [5.74, 6) is -0.0757. The van der Waals surface area contributed by atoms with Gasteiger partial charge in [-0.2, -0.15) is 4.73 Å². The molecule has 164 valence electrons. The number of nitrogens with one attached hydrogen (secondary N) is 1. The maximum atomic E-state index is 12.2. The molecule has 7 heteroatoms. The maximum absolute atomic E-state index is 12.2. The molecule has 2 N–H and O–H groups in total. The van der Waals surface area contributed by atoms with Gasteiger partial charge in [-0.3, -0.25) is 14.4 Å². The summed E-state index contributed by atoms with van der Waals surface area (Å²) in [5.41, 5.74) is 4.16. The van der Waals surface area contributed by atoms with Crippen LogP contribution < -0.4 is 5.32 Å². The van der Waals surface area contributed by atoms with Crippen molar-refractivity contribution < 1.29 is 19.6 Å². The molecule has 0 spiro atoms. The van der Waals surface area contributed by atoms with E-state index in [-0.39, 0.29) is 17.5 Å². The van der Waals surface area contributed by atoms with Crippen LogP contribution >= 0.6 is 0 Å². The third kappa shape index (κ3) is 4.72. The Bertz CT molecular complexity index is 1400. The van der Waals surface area contributed by atoms with Gasteiger partial charge < -0.3 is 10.5 Å². The number of ketones is 2. The van der Waals surface area contributed by atoms with Crippen LogP contribution in [0.3, 0.4) is 0 Å². The van der Waals surface area contributed by atoms with Gasteiger partial charge in [-0.25, -0.2) is 4.98 Å². The molecule has 1 aromatic heterocycles. The molecule has 4 rings (SSSR count). The van der Waals surface area contributed by atoms with Gasteiger partial charge in [-0.05, 0) is 68.0 Å². The van der Waals surface area contributed by atoms with E-state index in [0.717, 1.165) is 10.3 Å². The average molecular weight is 439 g/mol. The highest BCUT2D eigenvalue weighted by Crippen LogP contribution is 2.25. The normalized spacial score (nSPS) is 11.1. The molecule has 0 atom stereocenters. The van der Waals surface area contributed by atoms with Crippen molar-refractivity contribution in [1.82, 2.24) is 9.71 Å². The van der Waals surface area contributed by atoms with E-state index in [1.54, 1.807) is 72.8 Å². The highest BCUT2D eigenvalue weighted by Gasteiger charge is 2.13. The molecule has 1 heterocycles. The number of rotatable bonds is 6. The van der Waals surface area contributed by atoms with Gasteiger partial charge in [0.15, 0.2) is 17.4 Å². The Morgan fingerprint density at radius 2 is 1.52 bits per heavy atom. The quantitative estimate of drug-likeness (QED) is 0.250. The van der Waals surface area contributed by atoms with Crippen molar-refractivity contribution in [3.8, 4) is 11.4 Å². The first-order valence-corrected chi connectivity index (χ1v) is 10.2. The molecule has 0 aliphatic heterocycles. The van der Waals surface area contributed by atoms with Gasteiger partial charge in [0.05, 0.1) is 5.52 Å². The Morgan fingerprint density at radius 3 is 2.15 bits per heavy atom. The molecule has 33 heavy (non-hydrogen) atoms. The lowest BCUT2D eigenvalue weighted by atomic mass is 10.1. The number of imidazole rings is 1. The zero-order valence-corrected chi connectivity index (χ0v) is 18.1. The molecule has 0 radical (unpaired) electrons. The molecule has 0 aliphatic rings. The first kappa shape index (κ1) is 21.7. The van der Waals surface area contributed by atoms with E-state index >= 15 is 0 Å². The first-order chi connectivity index (χ1) is 15.8. The second-order valence-electron chi connectivity index (χ2n) is 7.59. The monoisotopic (exact) mass is 439 g/mol. The van der Waals surface area contributed by atoms with E-state index in [2.05, 4.69) is 10.3 Å². The summed E-state index contributed by atoms with van der Waals surface area (Å²) in [6.07, 6.45) is 3.08. The highest BCUT2D eigenvalue weighted by molar-refractivity contribution is 6.02. The Morgan fingerprint density at radius 1 is 0.879 bits per heavy atom. The van der Waals surface area contributed by atoms with Crippen LogP contribution in [0.1, 0.15) is 40.1 Å². The molecule has 0 saturated heterocycles. The van der Waals surface area contributed by atoms with Crippen LogP contribution in [-0.4, -0.2) is 32.4 Å². The molecule has 7 nitrogen and oxygen atoms in total. The van der Waals surface area contributed by atoms with Crippen molar-refractivity contribution in [3.63, 3.8) is 0 Å². The molecule has 0 fully saturated rings. The smallest absolute Gasteiger partial charge is 0.248 e. The number of fused-ring (bicyclic) bond motifs is 1. The Hall–Kier alpha value is -4.52. The topological polar surface area (TPSA) is 101 Å². The molecule has 0 saturated carbocycles. The van der Waals surface area contributed by atoms with Crippen molar-refractivity contribution in [1.29, 1.82) is 0 Å². The molecule has 0 unspecified atom stereocenters. The van der Waals surface area contributed by atoms with Crippen molar-refractivity contribution >= 4 is 40.3 Å². The molecular weight excluding hydrogens is 418 g/mol. The average Bonchev–Trinajstić information content (AvgIpc) is 3.14. The largest absolute Gasteiger partial charge is 0.426 e. The predicted octanol–water partition coefficient (Wildman–Crippen LogP) is 5.00. The van der Waals surface area contributed by atoms with Crippen molar-refractivity contribution in [2.75, 3.05) is 5.32 Å². The fourth-order valence-corrected chi connectivity index (χ4v) is 3.36. The lowest BCUT2D eigenvalue weighted by Gasteiger charge is -2.05. The van der Waals surface area contributed by atoms with Crippen molar-refractivity contribution in [3.05, 3.63) is 89.5 Å². The third-order valence-electron chi connectivity index (χ3n) is 5.19. The molecule has 3 aromatic carbocycles. The minimum absolute atomic E-state index is 0.00991. The molecule has 1 amide bonds. The lowest BCUT2D eigenvalue weighted by Crippen LogP contribution is -2.07. The van der Waals surface area contributed by atoms with Crippen LogP contribution in [0.25, 0.3) is 28.5 Å². The second-order valence-corrected chi connectivity index (χ2v) is 7.59. The number of Topliss-reactive ketones (excluding diaryl/α,β-unsaturated/α-hetero) is 2. The summed E-state index contributed by atoms with van der Waals surface area (Å²) in [6.45, 7) is 2.97. The van der Waals surface area contributed by atoms with Crippen LogP contribution in [0.15, 0.2) is 72.8 Å². The van der Waals surface area contributed by atoms with E-state index in [0.29, 0.717) is 39.2 Å². The van der Waals surface area contributed by atoms with Gasteiger partial charge in [0.25, 0.3) is 0 Å². The van der Waals surface area contributed by atoms with Crippen LogP contribution in [0.4, 0.5) is 5.69 Å². The third-order valence-corrected chi connectivity index (χ3v) is 5.19. The number of hydrogen-bond acceptors (Lipinski definition) is 5. The number of nitrogens with zero attached hydrogens (tertiary/aromatic N) is 2. The Labute approximate surface area is 190 Å². The summed E-state index contributed by atoms with van der Waals surface area (Å²) in [6, 6.07) is 18.8. The van der Waals surface area contributed by atoms with E-state index in [1.807, 2.05) is 0 Å². The van der Waals surface area contributed by atoms with Gasteiger partial charge in [0.2, 0.25) is 5.91 Å². The van der Waals surface area contributed by atoms with E-state index in [1.165, 1.54) is 19.9 Å². The van der Waals surface area contributed by atoms with Crippen LogP contribution in [-0.2, 0) is 4.79 Å². The first-order valence-electron chi connectivity index (χ1n) is 10.2. The summed E-state index contributed by atoms with van der Waals surface area (Å²) in [7, 11) is 0. The summed E-state index contributed by atoms with van der Waals surface area (Å²) >= 11 is 0. The highest BCUT2D eigenvalue weighted by atomic mass is 16.5. The summed E-state index contributed by atoms with van der Waals surface area (Å²) in [5, 5.41) is 13.3. The lowest BCUT2D eigenvalue weighted by molar-refractivity contribution is -0.111. The van der Waals surface area contributed by atoms with Gasteiger partial charge in [-0.15, -0.1) is 0 Å². The van der Waals surface area contributed by atoms with Gasteiger partial charge >= 0.3 is 0 Å². The number of carbonyl (C=O) groups excluding carboxylic acids is 3. The van der Waals surface area contributed by atoms with Crippen LogP contribution in [0.2, 0.25) is 0 Å². The van der Waals surface area contributed by atoms with Crippen LogP contribution in [0, 0.1) is 0 Å². The summed E-state index contributed by atoms with van der Waals surface area (Å²) < 4.78 is 0.954. The fraction of sp³-hybridized carbons (Fsp3) is 0.0769. The van der Waals surface area contributed by atoms with Crippen molar-refractivity contribution in [2.45, 2.75) is 13.8 Å². The Balaban J connectivity index is 1.47. The second kappa shape index (κ2) is 8.92. The minimum atomic E-state index is -0.301. The molecule has 0 bridgehead atoms.